The Morgan fingerprint density at radius 3 is 2.71 bits per heavy atom. The average molecular weight is 206 g/mol. The van der Waals surface area contributed by atoms with Crippen LogP contribution >= 0.6 is 9.24 Å². The Bertz CT molecular complexity index is 421. The molecule has 0 amide bonds. The van der Waals surface area contributed by atoms with E-state index in [-0.39, 0.29) is 0 Å². The molecule has 0 bridgehead atoms. The largest absolute Gasteiger partial charge is 0.382 e. The molecule has 72 valence electrons. The molecule has 1 unspecified atom stereocenters. The second-order valence-electron chi connectivity index (χ2n) is 2.91. The number of anilines is 1. The van der Waals surface area contributed by atoms with Crippen LogP contribution < -0.4 is 5.73 Å². The van der Waals surface area contributed by atoms with E-state index in [1.165, 1.54) is 5.56 Å². The molecule has 0 saturated heterocycles. The monoisotopic (exact) mass is 206 g/mol. The summed E-state index contributed by atoms with van der Waals surface area (Å²) in [7, 11) is 2.66. The first-order valence-corrected chi connectivity index (χ1v) is 5.08. The Kier molecular flexibility index (Phi) is 2.46. The summed E-state index contributed by atoms with van der Waals surface area (Å²) < 4.78 is 1.65. The molecule has 0 saturated carbocycles. The molecule has 2 aromatic heterocycles. The van der Waals surface area contributed by atoms with Gasteiger partial charge in [-0.05, 0) is 17.8 Å². The van der Waals surface area contributed by atoms with Crippen molar-refractivity contribution in [2.45, 2.75) is 6.16 Å². The van der Waals surface area contributed by atoms with Crippen molar-refractivity contribution < 1.29 is 0 Å². The number of pyridine rings is 1. The molecule has 5 heteroatoms. The summed E-state index contributed by atoms with van der Waals surface area (Å²) in [5.74, 6) is 1.28. The maximum Gasteiger partial charge on any atom is 0.153 e. The predicted molar refractivity (Wildman–Crippen MR) is 59.2 cm³/mol. The number of hydrogen-bond donors (Lipinski definition) is 1. The number of nitrogens with two attached hydrogens (primary N) is 1. The summed E-state index contributed by atoms with van der Waals surface area (Å²) in [6.45, 7) is 0. The van der Waals surface area contributed by atoms with Gasteiger partial charge in [-0.3, -0.25) is 0 Å². The lowest BCUT2D eigenvalue weighted by atomic mass is 10.3. The van der Waals surface area contributed by atoms with Crippen molar-refractivity contribution in [1.82, 2.24) is 14.8 Å². The van der Waals surface area contributed by atoms with Gasteiger partial charge in [0.2, 0.25) is 0 Å². The summed E-state index contributed by atoms with van der Waals surface area (Å²) in [6, 6.07) is 5.68. The highest BCUT2D eigenvalue weighted by atomic mass is 31.0. The molecule has 0 aliphatic rings. The minimum atomic E-state index is 0.502. The Hall–Kier alpha value is -1.41. The van der Waals surface area contributed by atoms with Gasteiger partial charge in [0.25, 0.3) is 0 Å². The number of aromatic nitrogens is 3. The van der Waals surface area contributed by atoms with Crippen LogP contribution in [0.15, 0.2) is 30.6 Å². The van der Waals surface area contributed by atoms with Gasteiger partial charge in [-0.15, -0.1) is 14.3 Å². The lowest BCUT2D eigenvalue weighted by molar-refractivity contribution is 0.850. The summed E-state index contributed by atoms with van der Waals surface area (Å²) >= 11 is 0. The predicted octanol–water partition coefficient (Wildman–Crippen LogP) is 1.22. The van der Waals surface area contributed by atoms with E-state index >= 15 is 0 Å². The average Bonchev–Trinajstić information content (AvgIpc) is 2.65. The Labute approximate surface area is 84.4 Å². The summed E-state index contributed by atoms with van der Waals surface area (Å²) in [5, 5.41) is 4.06. The van der Waals surface area contributed by atoms with Crippen LogP contribution in [0.5, 0.6) is 0 Å². The van der Waals surface area contributed by atoms with E-state index < -0.39 is 0 Å². The lowest BCUT2D eigenvalue weighted by Gasteiger charge is -2.00. The van der Waals surface area contributed by atoms with E-state index in [1.54, 1.807) is 16.9 Å². The van der Waals surface area contributed by atoms with Crippen LogP contribution in [0.25, 0.3) is 5.82 Å². The fraction of sp³-hybridized carbons (Fsp3) is 0.111. The number of nitrogen functional groups attached to an aromatic ring is 1. The van der Waals surface area contributed by atoms with Gasteiger partial charge in [-0.1, -0.05) is 6.07 Å². The van der Waals surface area contributed by atoms with Crippen LogP contribution in [0, 0.1) is 0 Å². The molecule has 14 heavy (non-hydrogen) atoms. The SMILES string of the molecule is Nc1ccn(-c2ccc(CP)cn2)n1. The minimum Gasteiger partial charge on any atom is -0.382 e. The van der Waals surface area contributed by atoms with E-state index in [0.717, 1.165) is 12.0 Å². The third kappa shape index (κ3) is 1.75. The zero-order chi connectivity index (χ0) is 9.97. The van der Waals surface area contributed by atoms with E-state index in [9.17, 15) is 0 Å². The number of nitrogens with zero attached hydrogens (tertiary/aromatic N) is 3. The van der Waals surface area contributed by atoms with Gasteiger partial charge in [-0.25, -0.2) is 9.67 Å². The molecule has 2 rings (SSSR count). The fourth-order valence-electron chi connectivity index (χ4n) is 1.14. The maximum absolute atomic E-state index is 5.51. The summed E-state index contributed by atoms with van der Waals surface area (Å²) in [5.41, 5.74) is 6.69. The molecule has 0 aliphatic carbocycles. The highest BCUT2D eigenvalue weighted by Crippen LogP contribution is 2.08. The lowest BCUT2D eigenvalue weighted by Crippen LogP contribution is -1.99. The van der Waals surface area contributed by atoms with Gasteiger partial charge >= 0.3 is 0 Å². The number of hydrogen-bond acceptors (Lipinski definition) is 3. The van der Waals surface area contributed by atoms with Gasteiger partial charge in [0.05, 0.1) is 0 Å². The molecule has 2 aromatic rings. The van der Waals surface area contributed by atoms with Crippen LogP contribution in [-0.4, -0.2) is 14.8 Å². The number of rotatable bonds is 2. The first-order chi connectivity index (χ1) is 6.79. The molecule has 0 aliphatic heterocycles. The molecule has 0 aromatic carbocycles. The zero-order valence-corrected chi connectivity index (χ0v) is 8.74. The van der Waals surface area contributed by atoms with Crippen molar-refractivity contribution in [1.29, 1.82) is 0 Å². The first kappa shape index (κ1) is 9.16. The van der Waals surface area contributed by atoms with Crippen LogP contribution in [0.3, 0.4) is 0 Å². The fourth-order valence-corrected chi connectivity index (χ4v) is 1.38. The van der Waals surface area contributed by atoms with Crippen molar-refractivity contribution in [3.63, 3.8) is 0 Å². The normalized spacial score (nSPS) is 10.4. The molecular formula is C9H11N4P. The third-order valence-corrected chi connectivity index (χ3v) is 2.36. The van der Waals surface area contributed by atoms with Crippen molar-refractivity contribution in [3.8, 4) is 5.82 Å². The first-order valence-electron chi connectivity index (χ1n) is 4.26. The van der Waals surface area contributed by atoms with Crippen LogP contribution in [0.2, 0.25) is 0 Å². The van der Waals surface area contributed by atoms with Crippen molar-refractivity contribution in [3.05, 3.63) is 36.2 Å². The van der Waals surface area contributed by atoms with E-state index in [4.69, 9.17) is 5.73 Å². The standard InChI is InChI=1S/C9H11N4P/c10-8-3-4-13(12-8)9-2-1-7(6-14)5-11-9/h1-5H,6,14H2,(H2,10,12). The van der Waals surface area contributed by atoms with Crippen molar-refractivity contribution >= 4 is 15.1 Å². The van der Waals surface area contributed by atoms with Gasteiger partial charge in [0.15, 0.2) is 5.82 Å². The topological polar surface area (TPSA) is 56.7 Å². The third-order valence-electron chi connectivity index (χ3n) is 1.89. The van der Waals surface area contributed by atoms with Crippen LogP contribution in [0.1, 0.15) is 5.56 Å². The second-order valence-corrected chi connectivity index (χ2v) is 3.32. The quantitative estimate of drug-likeness (QED) is 0.752. The van der Waals surface area contributed by atoms with E-state index in [1.807, 2.05) is 18.3 Å². The van der Waals surface area contributed by atoms with Gasteiger partial charge in [0.1, 0.15) is 5.82 Å². The highest BCUT2D eigenvalue weighted by Gasteiger charge is 1.99. The Morgan fingerprint density at radius 2 is 2.21 bits per heavy atom. The molecule has 2 N–H and O–H groups in total. The summed E-state index contributed by atoms with van der Waals surface area (Å²) in [4.78, 5) is 4.26. The van der Waals surface area contributed by atoms with Crippen LogP contribution in [0.4, 0.5) is 5.82 Å². The molecule has 2 heterocycles. The zero-order valence-electron chi connectivity index (χ0n) is 7.59. The minimum absolute atomic E-state index is 0.502. The Balaban J connectivity index is 2.33. The van der Waals surface area contributed by atoms with E-state index in [2.05, 4.69) is 19.3 Å². The van der Waals surface area contributed by atoms with Crippen molar-refractivity contribution in [2.75, 3.05) is 5.73 Å². The summed E-state index contributed by atoms with van der Waals surface area (Å²) in [6.07, 6.45) is 4.53. The van der Waals surface area contributed by atoms with Gasteiger partial charge in [-0.2, -0.15) is 0 Å². The van der Waals surface area contributed by atoms with Crippen LogP contribution in [-0.2, 0) is 6.16 Å². The van der Waals surface area contributed by atoms with Gasteiger partial charge < -0.3 is 5.73 Å². The van der Waals surface area contributed by atoms with Crippen molar-refractivity contribution in [2.24, 2.45) is 0 Å². The molecule has 4 nitrogen and oxygen atoms in total. The Morgan fingerprint density at radius 1 is 1.36 bits per heavy atom. The molecule has 1 atom stereocenters. The molecular weight excluding hydrogens is 195 g/mol. The molecule has 0 spiro atoms. The van der Waals surface area contributed by atoms with E-state index in [0.29, 0.717) is 5.82 Å². The van der Waals surface area contributed by atoms with Gasteiger partial charge in [0, 0.05) is 18.5 Å². The molecule has 0 fully saturated rings. The smallest absolute Gasteiger partial charge is 0.153 e. The second kappa shape index (κ2) is 3.76. The molecule has 0 radical (unpaired) electrons. The highest BCUT2D eigenvalue weighted by molar-refractivity contribution is 7.15. The maximum atomic E-state index is 5.51.